The fourth-order valence-corrected chi connectivity index (χ4v) is 3.37. The SMILES string of the molecule is CCCc1ccc(-c2cc(C(=O)NN=Cc3ccc([N+](=O)[O-])o3)c3ccccc3n2)cc1. The molecule has 0 fully saturated rings. The number of amides is 1. The molecule has 0 spiro atoms. The summed E-state index contributed by atoms with van der Waals surface area (Å²) in [4.78, 5) is 27.7. The molecule has 0 aliphatic heterocycles. The van der Waals surface area contributed by atoms with Crippen molar-refractivity contribution in [3.63, 3.8) is 0 Å². The lowest BCUT2D eigenvalue weighted by molar-refractivity contribution is -0.402. The first kappa shape index (κ1) is 20.9. The minimum Gasteiger partial charge on any atom is -0.400 e. The van der Waals surface area contributed by atoms with Gasteiger partial charge in [0.1, 0.15) is 4.92 Å². The van der Waals surface area contributed by atoms with Crippen molar-refractivity contribution in [1.82, 2.24) is 10.4 Å². The van der Waals surface area contributed by atoms with E-state index < -0.39 is 16.7 Å². The van der Waals surface area contributed by atoms with Gasteiger partial charge in [-0.2, -0.15) is 5.10 Å². The van der Waals surface area contributed by atoms with Gasteiger partial charge in [-0.15, -0.1) is 0 Å². The number of nitrogens with one attached hydrogen (secondary N) is 1. The Labute approximate surface area is 183 Å². The Morgan fingerprint density at radius 3 is 2.66 bits per heavy atom. The number of aromatic nitrogens is 1. The molecule has 32 heavy (non-hydrogen) atoms. The van der Waals surface area contributed by atoms with E-state index in [1.54, 1.807) is 6.07 Å². The van der Waals surface area contributed by atoms with Crippen LogP contribution in [0.15, 0.2) is 76.2 Å². The maximum Gasteiger partial charge on any atom is 0.433 e. The molecule has 0 atom stereocenters. The van der Waals surface area contributed by atoms with E-state index in [1.165, 1.54) is 23.9 Å². The van der Waals surface area contributed by atoms with Crippen LogP contribution in [0.2, 0.25) is 0 Å². The van der Waals surface area contributed by atoms with E-state index in [0.29, 0.717) is 22.2 Å². The number of furan rings is 1. The number of hydrogen-bond donors (Lipinski definition) is 1. The fraction of sp³-hybridized carbons (Fsp3) is 0.125. The summed E-state index contributed by atoms with van der Waals surface area (Å²) in [6.45, 7) is 2.14. The molecule has 8 nitrogen and oxygen atoms in total. The third kappa shape index (κ3) is 4.54. The standard InChI is InChI=1S/C24H20N4O4/c1-2-5-16-8-10-17(11-9-16)22-14-20(19-6-3-4-7-21(19)26-22)24(29)27-25-15-18-12-13-23(32-18)28(30)31/h3-4,6-15H,2,5H2,1H3,(H,27,29). The second-order valence-corrected chi connectivity index (χ2v) is 7.15. The molecule has 0 unspecified atom stereocenters. The zero-order valence-corrected chi connectivity index (χ0v) is 17.3. The van der Waals surface area contributed by atoms with E-state index in [-0.39, 0.29) is 5.76 Å². The number of rotatable bonds is 7. The number of benzene rings is 2. The number of fused-ring (bicyclic) bond motifs is 1. The number of nitrogens with zero attached hydrogens (tertiary/aromatic N) is 3. The molecule has 0 saturated heterocycles. The number of carbonyl (C=O) groups excluding carboxylic acids is 1. The Morgan fingerprint density at radius 2 is 1.94 bits per heavy atom. The van der Waals surface area contributed by atoms with E-state index in [1.807, 2.05) is 36.4 Å². The highest BCUT2D eigenvalue weighted by Gasteiger charge is 2.14. The van der Waals surface area contributed by atoms with Crippen LogP contribution in [0.4, 0.5) is 5.88 Å². The molecule has 2 heterocycles. The molecule has 1 N–H and O–H groups in total. The van der Waals surface area contributed by atoms with Crippen LogP contribution >= 0.6 is 0 Å². The third-order valence-electron chi connectivity index (χ3n) is 4.90. The molecular formula is C24H20N4O4. The highest BCUT2D eigenvalue weighted by atomic mass is 16.6. The molecule has 0 aliphatic carbocycles. The number of carbonyl (C=O) groups is 1. The molecular weight excluding hydrogens is 408 g/mol. The van der Waals surface area contributed by atoms with Gasteiger partial charge in [-0.25, -0.2) is 10.4 Å². The van der Waals surface area contributed by atoms with E-state index in [9.17, 15) is 14.9 Å². The van der Waals surface area contributed by atoms with E-state index in [4.69, 9.17) is 9.40 Å². The fourth-order valence-electron chi connectivity index (χ4n) is 3.37. The van der Waals surface area contributed by atoms with Crippen LogP contribution in [0.1, 0.15) is 35.0 Å². The largest absolute Gasteiger partial charge is 0.433 e. The van der Waals surface area contributed by atoms with Crippen LogP contribution in [0.25, 0.3) is 22.2 Å². The number of aryl methyl sites for hydroxylation is 1. The van der Waals surface area contributed by atoms with Crippen molar-refractivity contribution in [2.24, 2.45) is 5.10 Å². The Bertz CT molecular complexity index is 1310. The molecule has 0 radical (unpaired) electrons. The van der Waals surface area contributed by atoms with Crippen molar-refractivity contribution in [2.75, 3.05) is 0 Å². The van der Waals surface area contributed by atoms with Crippen molar-refractivity contribution >= 4 is 28.9 Å². The van der Waals surface area contributed by atoms with Crippen LogP contribution in [0, 0.1) is 10.1 Å². The summed E-state index contributed by atoms with van der Waals surface area (Å²) in [7, 11) is 0. The molecule has 2 aromatic carbocycles. The smallest absolute Gasteiger partial charge is 0.400 e. The summed E-state index contributed by atoms with van der Waals surface area (Å²) in [6.07, 6.45) is 3.29. The average Bonchev–Trinajstić information content (AvgIpc) is 3.28. The molecule has 4 aromatic rings. The second kappa shape index (κ2) is 9.22. The van der Waals surface area contributed by atoms with Crippen molar-refractivity contribution in [3.05, 3.63) is 93.7 Å². The van der Waals surface area contributed by atoms with Gasteiger partial charge in [0.25, 0.3) is 5.91 Å². The lowest BCUT2D eigenvalue weighted by Gasteiger charge is -2.09. The average molecular weight is 428 g/mol. The molecule has 2 aromatic heterocycles. The minimum atomic E-state index is -0.644. The Morgan fingerprint density at radius 1 is 1.16 bits per heavy atom. The second-order valence-electron chi connectivity index (χ2n) is 7.15. The van der Waals surface area contributed by atoms with Crippen molar-refractivity contribution in [1.29, 1.82) is 0 Å². The predicted octanol–water partition coefficient (Wildman–Crippen LogP) is 5.12. The van der Waals surface area contributed by atoms with Gasteiger partial charge in [0.2, 0.25) is 0 Å². The number of nitro groups is 1. The maximum absolute atomic E-state index is 12.9. The summed E-state index contributed by atoms with van der Waals surface area (Å²) in [5, 5.41) is 15.3. The Balaban J connectivity index is 1.62. The number of pyridine rings is 1. The van der Waals surface area contributed by atoms with Gasteiger partial charge in [-0.05, 0) is 30.2 Å². The van der Waals surface area contributed by atoms with Crippen molar-refractivity contribution in [2.45, 2.75) is 19.8 Å². The molecule has 160 valence electrons. The summed E-state index contributed by atoms with van der Waals surface area (Å²) in [5.41, 5.74) is 6.42. The maximum atomic E-state index is 12.9. The number of hydrogen-bond acceptors (Lipinski definition) is 6. The van der Waals surface area contributed by atoms with Gasteiger partial charge in [0.15, 0.2) is 5.76 Å². The zero-order chi connectivity index (χ0) is 22.5. The van der Waals surface area contributed by atoms with E-state index >= 15 is 0 Å². The van der Waals surface area contributed by atoms with Crippen LogP contribution in [0.5, 0.6) is 0 Å². The lowest BCUT2D eigenvalue weighted by atomic mass is 10.0. The lowest BCUT2D eigenvalue weighted by Crippen LogP contribution is -2.18. The van der Waals surface area contributed by atoms with Gasteiger partial charge >= 0.3 is 5.88 Å². The van der Waals surface area contributed by atoms with Gasteiger partial charge in [0.05, 0.1) is 29.1 Å². The van der Waals surface area contributed by atoms with E-state index in [2.05, 4.69) is 29.6 Å². The molecule has 1 amide bonds. The van der Waals surface area contributed by atoms with Crippen molar-refractivity contribution < 1.29 is 14.1 Å². The normalized spacial score (nSPS) is 11.2. The first-order valence-corrected chi connectivity index (χ1v) is 10.1. The number of hydrazone groups is 1. The van der Waals surface area contributed by atoms with Gasteiger partial charge in [-0.3, -0.25) is 14.9 Å². The minimum absolute atomic E-state index is 0.157. The molecule has 0 bridgehead atoms. The van der Waals surface area contributed by atoms with Crippen LogP contribution < -0.4 is 5.43 Å². The zero-order valence-electron chi connectivity index (χ0n) is 17.3. The molecule has 4 rings (SSSR count). The first-order chi connectivity index (χ1) is 15.5. The predicted molar refractivity (Wildman–Crippen MR) is 122 cm³/mol. The van der Waals surface area contributed by atoms with Crippen LogP contribution in [0.3, 0.4) is 0 Å². The summed E-state index contributed by atoms with van der Waals surface area (Å²) in [5.74, 6) is -0.665. The van der Waals surface area contributed by atoms with Gasteiger partial charge in [0, 0.05) is 10.9 Å². The Kier molecular flexibility index (Phi) is 6.03. The van der Waals surface area contributed by atoms with Gasteiger partial charge < -0.3 is 4.42 Å². The van der Waals surface area contributed by atoms with Crippen LogP contribution in [-0.4, -0.2) is 22.0 Å². The highest BCUT2D eigenvalue weighted by Crippen LogP contribution is 2.25. The Hall–Kier alpha value is -4.33. The quantitative estimate of drug-likeness (QED) is 0.249. The first-order valence-electron chi connectivity index (χ1n) is 10.1. The van der Waals surface area contributed by atoms with Crippen LogP contribution in [-0.2, 0) is 6.42 Å². The monoisotopic (exact) mass is 428 g/mol. The summed E-state index contributed by atoms with van der Waals surface area (Å²) < 4.78 is 5.00. The summed E-state index contributed by atoms with van der Waals surface area (Å²) in [6, 6.07) is 19.9. The van der Waals surface area contributed by atoms with Crippen molar-refractivity contribution in [3.8, 4) is 11.3 Å². The molecule has 0 saturated carbocycles. The topological polar surface area (TPSA) is 111 Å². The summed E-state index contributed by atoms with van der Waals surface area (Å²) >= 11 is 0. The van der Waals surface area contributed by atoms with E-state index in [0.717, 1.165) is 18.4 Å². The molecule has 0 aliphatic rings. The highest BCUT2D eigenvalue weighted by molar-refractivity contribution is 6.07. The number of para-hydroxylation sites is 1. The molecule has 8 heteroatoms. The van der Waals surface area contributed by atoms with Gasteiger partial charge in [-0.1, -0.05) is 55.8 Å². The third-order valence-corrected chi connectivity index (χ3v) is 4.90.